The number of hydrogen-bond acceptors (Lipinski definition) is 3. The van der Waals surface area contributed by atoms with Gasteiger partial charge in [0.15, 0.2) is 0 Å². The van der Waals surface area contributed by atoms with Crippen LogP contribution in [0.15, 0.2) is 0 Å². The number of rotatable bonds is 7. The molecule has 17 heavy (non-hydrogen) atoms. The summed E-state index contributed by atoms with van der Waals surface area (Å²) in [7, 11) is 2.75. The van der Waals surface area contributed by atoms with Gasteiger partial charge in [0, 0.05) is 27.3 Å². The first-order valence-corrected chi connectivity index (χ1v) is 6.96. The molecule has 7 heteroatoms. The fraction of sp³-hybridized carbons (Fsp3) is 1.00. The van der Waals surface area contributed by atoms with E-state index in [2.05, 4.69) is 9.47 Å². The van der Waals surface area contributed by atoms with Gasteiger partial charge in [-0.1, -0.05) is 27.7 Å². The Kier molecular flexibility index (Phi) is 20.9. The standard InChI is InChI=1S/C6H14F3NO2S.2C2H6/c1-11-5-3-10(4-6-12-2)13(7,8)9;2*1-2/h3-6H2,1-2H3;2*1-2H3. The molecule has 0 saturated heterocycles. The molecule has 0 aliphatic heterocycles. The number of ether oxygens (including phenoxy) is 2. The van der Waals surface area contributed by atoms with Crippen LogP contribution in [-0.2, 0) is 9.47 Å². The molecule has 0 fully saturated rings. The molecule has 0 N–H and O–H groups in total. The lowest BCUT2D eigenvalue weighted by atomic mass is 10.6. The normalized spacial score (nSPS) is 11.2. The van der Waals surface area contributed by atoms with Crippen molar-refractivity contribution >= 4 is 11.4 Å². The van der Waals surface area contributed by atoms with Crippen molar-refractivity contribution < 1.29 is 21.1 Å². The van der Waals surface area contributed by atoms with Gasteiger partial charge in [0.1, 0.15) is 0 Å². The molecule has 0 amide bonds. The summed E-state index contributed by atoms with van der Waals surface area (Å²) in [5.74, 6) is 0. The van der Waals surface area contributed by atoms with Gasteiger partial charge in [0.2, 0.25) is 0 Å². The van der Waals surface area contributed by atoms with Gasteiger partial charge in [-0.2, -0.15) is 4.31 Å². The largest absolute Gasteiger partial charge is 0.383 e. The van der Waals surface area contributed by atoms with Gasteiger partial charge >= 0.3 is 0 Å². The molecule has 0 aromatic heterocycles. The first kappa shape index (κ1) is 22.2. The number of nitrogens with zero attached hydrogens (tertiary/aromatic N) is 1. The van der Waals surface area contributed by atoms with Crippen molar-refractivity contribution in [2.24, 2.45) is 0 Å². The molecule has 0 bridgehead atoms. The second-order valence-electron chi connectivity index (χ2n) is 2.30. The maximum absolute atomic E-state index is 12.3. The molecular weight excluding hydrogens is 255 g/mol. The van der Waals surface area contributed by atoms with Crippen LogP contribution in [0.3, 0.4) is 0 Å². The van der Waals surface area contributed by atoms with Crippen molar-refractivity contribution in [3.8, 4) is 0 Å². The molecule has 0 saturated carbocycles. The minimum Gasteiger partial charge on any atom is -0.383 e. The van der Waals surface area contributed by atoms with Gasteiger partial charge in [-0.25, -0.2) is 0 Å². The summed E-state index contributed by atoms with van der Waals surface area (Å²) < 4.78 is 46.4. The van der Waals surface area contributed by atoms with Crippen molar-refractivity contribution in [2.45, 2.75) is 27.7 Å². The highest BCUT2D eigenvalue weighted by Gasteiger charge is 2.30. The zero-order chi connectivity index (χ0) is 14.3. The summed E-state index contributed by atoms with van der Waals surface area (Å²) in [4.78, 5) is 0. The zero-order valence-electron chi connectivity index (χ0n) is 11.6. The van der Waals surface area contributed by atoms with E-state index in [1.165, 1.54) is 14.2 Å². The van der Waals surface area contributed by atoms with Gasteiger partial charge in [-0.15, -0.1) is 11.7 Å². The second-order valence-corrected chi connectivity index (χ2v) is 3.58. The van der Waals surface area contributed by atoms with Crippen LogP contribution in [0.1, 0.15) is 27.7 Å². The lowest BCUT2D eigenvalue weighted by Gasteiger charge is -2.26. The van der Waals surface area contributed by atoms with Gasteiger partial charge in [0.25, 0.3) is 11.4 Å². The maximum atomic E-state index is 12.3. The number of halogens is 3. The maximum Gasteiger partial charge on any atom is 0.278 e. The Balaban J connectivity index is -0.000000439. The summed E-state index contributed by atoms with van der Waals surface area (Å²) in [6.45, 7) is 7.91. The fourth-order valence-corrected chi connectivity index (χ4v) is 1.27. The molecule has 3 nitrogen and oxygen atoms in total. The molecule has 0 aromatic rings. The molecule has 0 aliphatic rings. The summed E-state index contributed by atoms with van der Waals surface area (Å²) in [6, 6.07) is 0. The van der Waals surface area contributed by atoms with E-state index in [-0.39, 0.29) is 26.3 Å². The van der Waals surface area contributed by atoms with Crippen molar-refractivity contribution in [1.82, 2.24) is 4.31 Å². The minimum absolute atomic E-state index is 0.0796. The third-order valence-electron chi connectivity index (χ3n) is 1.38. The fourth-order valence-electron chi connectivity index (χ4n) is 0.705. The van der Waals surface area contributed by atoms with Crippen LogP contribution < -0.4 is 0 Å². The van der Waals surface area contributed by atoms with E-state index in [1.807, 2.05) is 27.7 Å². The third kappa shape index (κ3) is 16.0. The molecule has 0 heterocycles. The molecule has 0 unspecified atom stereocenters. The van der Waals surface area contributed by atoms with E-state index in [9.17, 15) is 11.7 Å². The van der Waals surface area contributed by atoms with Gasteiger partial charge in [-0.3, -0.25) is 0 Å². The van der Waals surface area contributed by atoms with Crippen molar-refractivity contribution in [1.29, 1.82) is 0 Å². The first-order valence-electron chi connectivity index (χ1n) is 5.67. The highest BCUT2D eigenvalue weighted by atomic mass is 32.3. The molecule has 0 atom stereocenters. The van der Waals surface area contributed by atoms with Crippen molar-refractivity contribution in [3.05, 3.63) is 0 Å². The van der Waals surface area contributed by atoms with Crippen LogP contribution in [0.25, 0.3) is 0 Å². The Morgan fingerprint density at radius 2 is 1.12 bits per heavy atom. The Hall–Kier alpha value is 0.0200. The van der Waals surface area contributed by atoms with E-state index in [4.69, 9.17) is 0 Å². The molecule has 110 valence electrons. The highest BCUT2D eigenvalue weighted by Crippen LogP contribution is 2.56. The van der Waals surface area contributed by atoms with Crippen LogP contribution in [-0.4, -0.2) is 44.8 Å². The summed E-state index contributed by atoms with van der Waals surface area (Å²) in [5, 5.41) is 0. The number of methoxy groups -OCH3 is 2. The second kappa shape index (κ2) is 16.0. The summed E-state index contributed by atoms with van der Waals surface area (Å²) in [6.07, 6.45) is 0. The first-order chi connectivity index (χ1) is 8.02. The van der Waals surface area contributed by atoms with Crippen LogP contribution in [0.4, 0.5) is 11.7 Å². The topological polar surface area (TPSA) is 21.7 Å². The Morgan fingerprint density at radius 3 is 1.29 bits per heavy atom. The third-order valence-corrected chi connectivity index (χ3v) is 2.33. The van der Waals surface area contributed by atoms with Crippen LogP contribution in [0.2, 0.25) is 0 Å². The van der Waals surface area contributed by atoms with Crippen LogP contribution in [0, 0.1) is 0 Å². The zero-order valence-corrected chi connectivity index (χ0v) is 12.5. The van der Waals surface area contributed by atoms with E-state index in [0.717, 1.165) is 0 Å². The molecule has 0 spiro atoms. The van der Waals surface area contributed by atoms with Gasteiger partial charge in [0.05, 0.1) is 13.2 Å². The van der Waals surface area contributed by atoms with E-state index in [0.29, 0.717) is 4.31 Å². The summed E-state index contributed by atoms with van der Waals surface area (Å²) >= 11 is -5.14. The SMILES string of the molecule is CC.CC.COCCN(CCOC)S(F)(F)F. The average Bonchev–Trinajstić information content (AvgIpc) is 2.33. The van der Waals surface area contributed by atoms with E-state index < -0.39 is 11.4 Å². The molecular formula is C10H26F3NO2S. The monoisotopic (exact) mass is 281 g/mol. The smallest absolute Gasteiger partial charge is 0.278 e. The quantitative estimate of drug-likeness (QED) is 0.704. The molecule has 0 rings (SSSR count). The highest BCUT2D eigenvalue weighted by molar-refractivity contribution is 8.18. The minimum atomic E-state index is -5.14. The Morgan fingerprint density at radius 1 is 0.824 bits per heavy atom. The average molecular weight is 281 g/mol. The van der Waals surface area contributed by atoms with Crippen molar-refractivity contribution in [2.75, 3.05) is 40.5 Å². The molecule has 0 aromatic carbocycles. The van der Waals surface area contributed by atoms with Crippen molar-refractivity contribution in [3.63, 3.8) is 0 Å². The van der Waals surface area contributed by atoms with E-state index in [1.54, 1.807) is 0 Å². The predicted octanol–water partition coefficient (Wildman–Crippen LogP) is 4.01. The predicted molar refractivity (Wildman–Crippen MR) is 68.9 cm³/mol. The van der Waals surface area contributed by atoms with Gasteiger partial charge in [-0.05, 0) is 0 Å². The Labute approximate surface area is 106 Å². The summed E-state index contributed by atoms with van der Waals surface area (Å²) in [5.41, 5.74) is 0. The van der Waals surface area contributed by atoms with Crippen LogP contribution in [0.5, 0.6) is 0 Å². The lowest BCUT2D eigenvalue weighted by Crippen LogP contribution is -2.28. The molecule has 0 radical (unpaired) electrons. The molecule has 0 aliphatic carbocycles. The number of hydrogen-bond donors (Lipinski definition) is 0. The van der Waals surface area contributed by atoms with Gasteiger partial charge < -0.3 is 9.47 Å². The van der Waals surface area contributed by atoms with E-state index >= 15 is 0 Å². The lowest BCUT2D eigenvalue weighted by molar-refractivity contribution is 0.147. The Bertz CT molecular complexity index is 129. The van der Waals surface area contributed by atoms with Crippen LogP contribution >= 0.6 is 11.4 Å².